The summed E-state index contributed by atoms with van der Waals surface area (Å²) in [6.45, 7) is 7.06. The van der Waals surface area contributed by atoms with E-state index in [1.54, 1.807) is 39.0 Å². The number of carbonyl (C=O) groups excluding carboxylic acids is 1. The molecule has 2 aromatic rings. The van der Waals surface area contributed by atoms with Crippen LogP contribution < -0.4 is 5.48 Å². The molecule has 1 aromatic heterocycles. The van der Waals surface area contributed by atoms with Crippen LogP contribution in [0.25, 0.3) is 10.4 Å². The van der Waals surface area contributed by atoms with Crippen LogP contribution in [0.4, 0.5) is 9.93 Å². The van der Waals surface area contributed by atoms with E-state index in [0.29, 0.717) is 10.7 Å². The molecule has 0 saturated heterocycles. The maximum Gasteiger partial charge on any atom is 0.533 e. The minimum absolute atomic E-state index is 0.175. The van der Waals surface area contributed by atoms with Gasteiger partial charge in [0.15, 0.2) is 0 Å². The summed E-state index contributed by atoms with van der Waals surface area (Å²) in [6, 6.07) is 6.99. The van der Waals surface area contributed by atoms with Gasteiger partial charge in [0.25, 0.3) is 0 Å². The van der Waals surface area contributed by atoms with Gasteiger partial charge >= 0.3 is 6.16 Å². The smallest absolute Gasteiger partial charge is 0.507 e. The van der Waals surface area contributed by atoms with Crippen molar-refractivity contribution in [3.8, 4) is 16.2 Å². The number of phenols is 1. The Balaban J connectivity index is 2.08. The number of rotatable bonds is 3. The van der Waals surface area contributed by atoms with Crippen LogP contribution in [0, 0.1) is 6.92 Å². The van der Waals surface area contributed by atoms with Crippen LogP contribution in [0.1, 0.15) is 26.5 Å². The average molecular weight is 322 g/mol. The molecule has 6 nitrogen and oxygen atoms in total. The fourth-order valence-corrected chi connectivity index (χ4v) is 2.65. The standard InChI is InChI=1S/C15H18N2O4S/c1-9-12(10-7-5-6-8-11(10)18)22-13(16-9)17-21-14(19)20-15(2,3)4/h5-8,18H,1-4H3,(H,16,17). The van der Waals surface area contributed by atoms with E-state index in [2.05, 4.69) is 10.5 Å². The average Bonchev–Trinajstić information content (AvgIpc) is 2.76. The van der Waals surface area contributed by atoms with E-state index in [1.807, 2.05) is 13.0 Å². The topological polar surface area (TPSA) is 80.7 Å². The second kappa shape index (κ2) is 6.23. The number of thiazole rings is 1. The lowest BCUT2D eigenvalue weighted by Crippen LogP contribution is -2.25. The van der Waals surface area contributed by atoms with Gasteiger partial charge < -0.3 is 14.7 Å². The van der Waals surface area contributed by atoms with Gasteiger partial charge in [0, 0.05) is 5.56 Å². The second-order valence-corrected chi connectivity index (χ2v) is 6.62. The first kappa shape index (κ1) is 16.1. The predicted molar refractivity (Wildman–Crippen MR) is 84.9 cm³/mol. The highest BCUT2D eigenvalue weighted by Crippen LogP contribution is 2.37. The maximum atomic E-state index is 11.5. The highest BCUT2D eigenvalue weighted by Gasteiger charge is 2.19. The van der Waals surface area contributed by atoms with Crippen LogP contribution in [0.2, 0.25) is 0 Å². The number of aromatic hydroxyl groups is 1. The summed E-state index contributed by atoms with van der Waals surface area (Å²) in [5.74, 6) is 0.175. The molecule has 0 atom stereocenters. The van der Waals surface area contributed by atoms with Gasteiger partial charge in [-0.1, -0.05) is 23.5 Å². The number of aryl methyl sites for hydroxylation is 1. The molecule has 1 heterocycles. The first-order valence-corrected chi connectivity index (χ1v) is 7.49. The quantitative estimate of drug-likeness (QED) is 0.654. The molecule has 0 spiro atoms. The Bertz CT molecular complexity index is 676. The number of nitrogens with zero attached hydrogens (tertiary/aromatic N) is 1. The molecule has 0 aliphatic carbocycles. The SMILES string of the molecule is Cc1nc(NOC(=O)OC(C)(C)C)sc1-c1ccccc1O. The van der Waals surface area contributed by atoms with Crippen LogP contribution in [0.3, 0.4) is 0 Å². The van der Waals surface area contributed by atoms with E-state index in [0.717, 1.165) is 10.6 Å². The van der Waals surface area contributed by atoms with Crippen molar-refractivity contribution in [3.63, 3.8) is 0 Å². The van der Waals surface area contributed by atoms with Crippen LogP contribution in [0.5, 0.6) is 5.75 Å². The van der Waals surface area contributed by atoms with Crippen LogP contribution in [-0.4, -0.2) is 21.8 Å². The summed E-state index contributed by atoms with van der Waals surface area (Å²) in [7, 11) is 0. The number of phenolic OH excluding ortho intramolecular Hbond substituents is 1. The van der Waals surface area contributed by atoms with Gasteiger partial charge in [0.1, 0.15) is 11.4 Å². The Morgan fingerprint density at radius 2 is 2.00 bits per heavy atom. The highest BCUT2D eigenvalue weighted by molar-refractivity contribution is 7.19. The third kappa shape index (κ3) is 4.11. The Kier molecular flexibility index (Phi) is 4.56. The van der Waals surface area contributed by atoms with Crippen molar-refractivity contribution in [1.29, 1.82) is 0 Å². The second-order valence-electron chi connectivity index (χ2n) is 5.62. The zero-order chi connectivity index (χ0) is 16.3. The summed E-state index contributed by atoms with van der Waals surface area (Å²) in [5, 5.41) is 10.3. The molecular weight excluding hydrogens is 304 g/mol. The Morgan fingerprint density at radius 1 is 1.32 bits per heavy atom. The van der Waals surface area contributed by atoms with E-state index >= 15 is 0 Å². The summed E-state index contributed by atoms with van der Waals surface area (Å²) < 4.78 is 5.01. The molecule has 1 aromatic carbocycles. The molecule has 0 amide bonds. The Morgan fingerprint density at radius 3 is 2.64 bits per heavy atom. The number of anilines is 1. The van der Waals surface area contributed by atoms with Crippen LogP contribution >= 0.6 is 11.3 Å². The van der Waals surface area contributed by atoms with Crippen molar-refractivity contribution in [2.24, 2.45) is 0 Å². The van der Waals surface area contributed by atoms with Gasteiger partial charge in [-0.25, -0.2) is 9.78 Å². The van der Waals surface area contributed by atoms with Crippen molar-refractivity contribution in [2.45, 2.75) is 33.3 Å². The minimum atomic E-state index is -0.829. The lowest BCUT2D eigenvalue weighted by Gasteiger charge is -2.18. The van der Waals surface area contributed by atoms with Crippen molar-refractivity contribution in [1.82, 2.24) is 4.98 Å². The molecule has 0 unspecified atom stereocenters. The van der Waals surface area contributed by atoms with Gasteiger partial charge in [-0.05, 0) is 39.8 Å². The fourth-order valence-electron chi connectivity index (χ4n) is 1.71. The zero-order valence-corrected chi connectivity index (χ0v) is 13.7. The normalized spacial score (nSPS) is 11.1. The van der Waals surface area contributed by atoms with Gasteiger partial charge in [-0.2, -0.15) is 5.48 Å². The van der Waals surface area contributed by atoms with Crippen LogP contribution in [0.15, 0.2) is 24.3 Å². The summed E-state index contributed by atoms with van der Waals surface area (Å²) in [6.07, 6.45) is -0.829. The van der Waals surface area contributed by atoms with Gasteiger partial charge in [0.2, 0.25) is 5.13 Å². The number of carbonyl (C=O) groups is 1. The van der Waals surface area contributed by atoms with E-state index in [-0.39, 0.29) is 5.75 Å². The largest absolute Gasteiger partial charge is 0.533 e. The molecule has 0 aliphatic rings. The first-order valence-electron chi connectivity index (χ1n) is 6.68. The molecule has 2 N–H and O–H groups in total. The van der Waals surface area contributed by atoms with Gasteiger partial charge in [-0.3, -0.25) is 0 Å². The van der Waals surface area contributed by atoms with E-state index < -0.39 is 11.8 Å². The molecule has 22 heavy (non-hydrogen) atoms. The minimum Gasteiger partial charge on any atom is -0.507 e. The molecular formula is C15H18N2O4S. The number of ether oxygens (including phenoxy) is 1. The lowest BCUT2D eigenvalue weighted by atomic mass is 10.1. The lowest BCUT2D eigenvalue weighted by molar-refractivity contribution is 0.00298. The maximum absolute atomic E-state index is 11.5. The third-order valence-corrected chi connectivity index (χ3v) is 3.64. The third-order valence-electron chi connectivity index (χ3n) is 2.56. The highest BCUT2D eigenvalue weighted by atomic mass is 32.1. The van der Waals surface area contributed by atoms with Crippen molar-refractivity contribution >= 4 is 22.6 Å². The molecule has 2 rings (SSSR count). The van der Waals surface area contributed by atoms with Gasteiger partial charge in [0.05, 0.1) is 10.6 Å². The molecule has 0 fully saturated rings. The van der Waals surface area contributed by atoms with E-state index in [1.165, 1.54) is 11.3 Å². The number of hydrogen-bond donors (Lipinski definition) is 2. The van der Waals surface area contributed by atoms with Crippen molar-refractivity contribution in [3.05, 3.63) is 30.0 Å². The Hall–Kier alpha value is -2.28. The number of para-hydroxylation sites is 1. The first-order chi connectivity index (χ1) is 10.3. The summed E-state index contributed by atoms with van der Waals surface area (Å²) >= 11 is 1.27. The molecule has 0 radical (unpaired) electrons. The van der Waals surface area contributed by atoms with E-state index in [9.17, 15) is 9.90 Å². The zero-order valence-electron chi connectivity index (χ0n) is 12.8. The predicted octanol–water partition coefficient (Wildman–Crippen LogP) is 4.10. The number of benzene rings is 1. The fraction of sp³-hybridized carbons (Fsp3) is 0.333. The monoisotopic (exact) mass is 322 g/mol. The van der Waals surface area contributed by atoms with Crippen molar-refractivity contribution in [2.75, 3.05) is 5.48 Å². The summed E-state index contributed by atoms with van der Waals surface area (Å²) in [5.41, 5.74) is 3.25. The van der Waals surface area contributed by atoms with Gasteiger partial charge in [-0.15, -0.1) is 0 Å². The van der Waals surface area contributed by atoms with Crippen LogP contribution in [-0.2, 0) is 9.57 Å². The molecule has 118 valence electrons. The number of aromatic nitrogens is 1. The Labute approximate surface area is 132 Å². The van der Waals surface area contributed by atoms with Crippen molar-refractivity contribution < 1.29 is 19.5 Å². The number of hydrogen-bond acceptors (Lipinski definition) is 7. The molecule has 0 bridgehead atoms. The van der Waals surface area contributed by atoms with E-state index in [4.69, 9.17) is 9.57 Å². The molecule has 0 aliphatic heterocycles. The molecule has 0 saturated carbocycles. The summed E-state index contributed by atoms with van der Waals surface area (Å²) in [4.78, 5) is 21.4. The number of nitrogens with one attached hydrogen (secondary N) is 1. The molecule has 7 heteroatoms.